The zero-order chi connectivity index (χ0) is 20.9. The lowest BCUT2D eigenvalue weighted by Crippen LogP contribution is -2.48. The summed E-state index contributed by atoms with van der Waals surface area (Å²) in [6, 6.07) is 8.21. The first-order chi connectivity index (χ1) is 13.9. The Morgan fingerprint density at radius 1 is 1.28 bits per heavy atom. The first-order valence-electron chi connectivity index (χ1n) is 10.3. The molecule has 29 heavy (non-hydrogen) atoms. The quantitative estimate of drug-likeness (QED) is 0.557. The van der Waals surface area contributed by atoms with Crippen molar-refractivity contribution < 1.29 is 4.74 Å². The average Bonchev–Trinajstić information content (AvgIpc) is 2.96. The lowest BCUT2D eigenvalue weighted by atomic mass is 9.74. The van der Waals surface area contributed by atoms with E-state index < -0.39 is 0 Å². The molecule has 0 amide bonds. The lowest BCUT2D eigenvalue weighted by Gasteiger charge is -2.38. The molecule has 1 aliphatic heterocycles. The number of halogens is 1. The van der Waals surface area contributed by atoms with E-state index >= 15 is 0 Å². The van der Waals surface area contributed by atoms with Gasteiger partial charge < -0.3 is 15.4 Å². The van der Waals surface area contributed by atoms with E-state index in [0.717, 1.165) is 61.5 Å². The highest BCUT2D eigenvalue weighted by Crippen LogP contribution is 2.35. The third-order valence-corrected chi connectivity index (χ3v) is 6.11. The van der Waals surface area contributed by atoms with E-state index in [1.807, 2.05) is 30.8 Å². The SMILES string of the molecule is CCNC(=NCc1c(C)nn(C)c1C)NCC1(c2cccc(Cl)c2)CCOCC1. The number of nitrogens with one attached hydrogen (secondary N) is 2. The molecule has 1 aromatic heterocycles. The summed E-state index contributed by atoms with van der Waals surface area (Å²) in [5.41, 5.74) is 4.61. The number of nitrogens with zero attached hydrogens (tertiary/aromatic N) is 3. The van der Waals surface area contributed by atoms with Crippen LogP contribution in [-0.4, -0.2) is 42.0 Å². The number of ether oxygens (including phenoxy) is 1. The summed E-state index contributed by atoms with van der Waals surface area (Å²) in [7, 11) is 1.97. The van der Waals surface area contributed by atoms with E-state index in [4.69, 9.17) is 21.3 Å². The fourth-order valence-electron chi connectivity index (χ4n) is 3.95. The summed E-state index contributed by atoms with van der Waals surface area (Å²) in [6.07, 6.45) is 1.92. The Morgan fingerprint density at radius 3 is 2.66 bits per heavy atom. The fraction of sp³-hybridized carbons (Fsp3) is 0.545. The van der Waals surface area contributed by atoms with Crippen molar-refractivity contribution in [2.45, 2.75) is 45.6 Å². The third-order valence-electron chi connectivity index (χ3n) is 5.88. The molecule has 0 radical (unpaired) electrons. The molecule has 2 heterocycles. The number of aromatic nitrogens is 2. The van der Waals surface area contributed by atoms with Crippen LogP contribution >= 0.6 is 11.6 Å². The second-order valence-electron chi connectivity index (χ2n) is 7.72. The van der Waals surface area contributed by atoms with Gasteiger partial charge in [0.2, 0.25) is 0 Å². The van der Waals surface area contributed by atoms with Crippen molar-refractivity contribution in [1.29, 1.82) is 0 Å². The monoisotopic (exact) mass is 417 g/mol. The molecule has 2 N–H and O–H groups in total. The van der Waals surface area contributed by atoms with Crippen LogP contribution < -0.4 is 10.6 Å². The number of guanidine groups is 1. The van der Waals surface area contributed by atoms with Crippen molar-refractivity contribution in [3.05, 3.63) is 51.8 Å². The van der Waals surface area contributed by atoms with Crippen LogP contribution in [0, 0.1) is 13.8 Å². The van der Waals surface area contributed by atoms with Gasteiger partial charge in [-0.25, -0.2) is 4.99 Å². The van der Waals surface area contributed by atoms with Crippen LogP contribution in [0.25, 0.3) is 0 Å². The van der Waals surface area contributed by atoms with Crippen LogP contribution in [0.3, 0.4) is 0 Å². The number of benzene rings is 1. The van der Waals surface area contributed by atoms with E-state index in [1.54, 1.807) is 0 Å². The van der Waals surface area contributed by atoms with Crippen LogP contribution in [0.2, 0.25) is 5.02 Å². The number of aliphatic imine (C=N–C) groups is 1. The van der Waals surface area contributed by atoms with Gasteiger partial charge in [-0.05, 0) is 51.3 Å². The number of hydrogen-bond acceptors (Lipinski definition) is 3. The van der Waals surface area contributed by atoms with Crippen LogP contribution in [0.4, 0.5) is 0 Å². The van der Waals surface area contributed by atoms with E-state index in [0.29, 0.717) is 6.54 Å². The Hall–Kier alpha value is -2.05. The summed E-state index contributed by atoms with van der Waals surface area (Å²) in [4.78, 5) is 4.83. The van der Waals surface area contributed by atoms with Gasteiger partial charge >= 0.3 is 0 Å². The molecule has 7 heteroatoms. The minimum Gasteiger partial charge on any atom is -0.381 e. The zero-order valence-electron chi connectivity index (χ0n) is 17.9. The minimum atomic E-state index is -0.0144. The highest BCUT2D eigenvalue weighted by atomic mass is 35.5. The van der Waals surface area contributed by atoms with Crippen LogP contribution in [-0.2, 0) is 23.7 Å². The zero-order valence-corrected chi connectivity index (χ0v) is 18.6. The van der Waals surface area contributed by atoms with Crippen molar-refractivity contribution in [2.24, 2.45) is 12.0 Å². The van der Waals surface area contributed by atoms with Crippen LogP contribution in [0.5, 0.6) is 0 Å². The number of rotatable bonds is 6. The van der Waals surface area contributed by atoms with Crippen molar-refractivity contribution in [1.82, 2.24) is 20.4 Å². The van der Waals surface area contributed by atoms with Crippen molar-refractivity contribution in [2.75, 3.05) is 26.3 Å². The maximum absolute atomic E-state index is 6.29. The molecule has 0 spiro atoms. The predicted molar refractivity (Wildman–Crippen MR) is 119 cm³/mol. The number of hydrogen-bond donors (Lipinski definition) is 2. The summed E-state index contributed by atoms with van der Waals surface area (Å²) in [5.74, 6) is 0.822. The summed E-state index contributed by atoms with van der Waals surface area (Å²) < 4.78 is 7.56. The highest BCUT2D eigenvalue weighted by Gasteiger charge is 2.34. The summed E-state index contributed by atoms with van der Waals surface area (Å²) in [5, 5.41) is 12.2. The largest absolute Gasteiger partial charge is 0.381 e. The molecule has 1 fully saturated rings. The molecule has 0 unspecified atom stereocenters. The highest BCUT2D eigenvalue weighted by molar-refractivity contribution is 6.30. The lowest BCUT2D eigenvalue weighted by molar-refractivity contribution is 0.0514. The van der Waals surface area contributed by atoms with Crippen molar-refractivity contribution in [3.63, 3.8) is 0 Å². The Bertz CT molecular complexity index is 855. The van der Waals surface area contributed by atoms with E-state index in [2.05, 4.69) is 41.7 Å². The van der Waals surface area contributed by atoms with Gasteiger partial charge in [0.1, 0.15) is 0 Å². The number of aryl methyl sites for hydroxylation is 2. The minimum absolute atomic E-state index is 0.0144. The molecule has 1 aliphatic rings. The van der Waals surface area contributed by atoms with E-state index in [1.165, 1.54) is 11.1 Å². The normalized spacial score (nSPS) is 16.7. The Kier molecular flexibility index (Phi) is 7.19. The van der Waals surface area contributed by atoms with Gasteiger partial charge in [-0.2, -0.15) is 5.10 Å². The molecule has 0 saturated carbocycles. The smallest absolute Gasteiger partial charge is 0.191 e. The average molecular weight is 418 g/mol. The van der Waals surface area contributed by atoms with Crippen molar-refractivity contribution >= 4 is 17.6 Å². The first-order valence-corrected chi connectivity index (χ1v) is 10.7. The summed E-state index contributed by atoms with van der Waals surface area (Å²) >= 11 is 6.29. The topological polar surface area (TPSA) is 63.5 Å². The standard InChI is InChI=1S/C22H32ClN5O/c1-5-24-21(25-14-20-16(2)27-28(4)17(20)3)26-15-22(9-11-29-12-10-22)18-7-6-8-19(23)13-18/h6-8,13H,5,9-12,14-15H2,1-4H3,(H2,24,25,26). The van der Waals surface area contributed by atoms with Gasteiger partial charge in [-0.15, -0.1) is 0 Å². The molecular weight excluding hydrogens is 386 g/mol. The molecular formula is C22H32ClN5O. The molecule has 3 rings (SSSR count). The van der Waals surface area contributed by atoms with Gasteiger partial charge in [0.05, 0.1) is 12.2 Å². The molecule has 1 saturated heterocycles. The molecule has 0 aliphatic carbocycles. The molecule has 6 nitrogen and oxygen atoms in total. The molecule has 0 bridgehead atoms. The van der Waals surface area contributed by atoms with Crippen LogP contribution in [0.15, 0.2) is 29.3 Å². The van der Waals surface area contributed by atoms with Gasteiger partial charge in [-0.1, -0.05) is 23.7 Å². The second kappa shape index (κ2) is 9.63. The maximum atomic E-state index is 6.29. The predicted octanol–water partition coefficient (Wildman–Crippen LogP) is 3.49. The Balaban J connectivity index is 1.78. The van der Waals surface area contributed by atoms with E-state index in [9.17, 15) is 0 Å². The molecule has 0 atom stereocenters. The van der Waals surface area contributed by atoms with Gasteiger partial charge in [0.15, 0.2) is 5.96 Å². The van der Waals surface area contributed by atoms with Crippen LogP contribution in [0.1, 0.15) is 42.3 Å². The van der Waals surface area contributed by atoms with E-state index in [-0.39, 0.29) is 5.41 Å². The summed E-state index contributed by atoms with van der Waals surface area (Å²) in [6.45, 7) is 9.92. The van der Waals surface area contributed by atoms with Gasteiger partial charge in [-0.3, -0.25) is 4.68 Å². The molecule has 1 aromatic carbocycles. The maximum Gasteiger partial charge on any atom is 0.191 e. The molecule has 2 aromatic rings. The Morgan fingerprint density at radius 2 is 2.03 bits per heavy atom. The van der Waals surface area contributed by atoms with Gasteiger partial charge in [0, 0.05) is 55.0 Å². The molecule has 158 valence electrons. The second-order valence-corrected chi connectivity index (χ2v) is 8.16. The van der Waals surface area contributed by atoms with Crippen molar-refractivity contribution in [3.8, 4) is 0 Å². The Labute approximate surface area is 178 Å². The van der Waals surface area contributed by atoms with Gasteiger partial charge in [0.25, 0.3) is 0 Å². The first kappa shape index (κ1) is 21.7. The fourth-order valence-corrected chi connectivity index (χ4v) is 4.14. The third kappa shape index (κ3) is 5.11.